The first kappa shape index (κ1) is 14.8. The second-order valence-electron chi connectivity index (χ2n) is 4.67. The topological polar surface area (TPSA) is 82.2 Å². The molecule has 1 heterocycles. The van der Waals surface area contributed by atoms with Gasteiger partial charge in [0.25, 0.3) is 5.69 Å². The molecule has 2 rings (SSSR count). The number of aromatic nitrogens is 2. The van der Waals surface area contributed by atoms with Crippen LogP contribution in [0.2, 0.25) is 0 Å². The Balaban J connectivity index is 2.18. The average molecular weight is 290 g/mol. The quantitative estimate of drug-likeness (QED) is 0.653. The van der Waals surface area contributed by atoms with Crippen molar-refractivity contribution in [3.63, 3.8) is 0 Å². The van der Waals surface area contributed by atoms with Crippen LogP contribution in [0.15, 0.2) is 24.4 Å². The van der Waals surface area contributed by atoms with E-state index in [-0.39, 0.29) is 5.69 Å². The summed E-state index contributed by atoms with van der Waals surface area (Å²) in [5.41, 5.74) is 2.63. The molecule has 0 amide bonds. The molecule has 1 aromatic carbocycles. The fourth-order valence-corrected chi connectivity index (χ4v) is 2.06. The van der Waals surface area contributed by atoms with Crippen molar-refractivity contribution in [2.45, 2.75) is 20.4 Å². The van der Waals surface area contributed by atoms with E-state index < -0.39 is 4.92 Å². The lowest BCUT2D eigenvalue weighted by Crippen LogP contribution is -2.02. The van der Waals surface area contributed by atoms with E-state index in [1.807, 2.05) is 27.1 Å². The van der Waals surface area contributed by atoms with Gasteiger partial charge in [-0.05, 0) is 13.8 Å². The van der Waals surface area contributed by atoms with Gasteiger partial charge in [0.05, 0.1) is 23.3 Å². The highest BCUT2D eigenvalue weighted by atomic mass is 16.6. The van der Waals surface area contributed by atoms with Crippen molar-refractivity contribution in [1.29, 1.82) is 0 Å². The van der Waals surface area contributed by atoms with Crippen molar-refractivity contribution in [2.24, 2.45) is 7.05 Å². The first-order chi connectivity index (χ1) is 9.99. The van der Waals surface area contributed by atoms with Crippen LogP contribution in [0, 0.1) is 17.0 Å². The number of hydrogen-bond acceptors (Lipinski definition) is 5. The molecule has 0 fully saturated rings. The largest absolute Gasteiger partial charge is 0.494 e. The van der Waals surface area contributed by atoms with Gasteiger partial charge in [0, 0.05) is 43.2 Å². The Labute approximate surface area is 122 Å². The van der Waals surface area contributed by atoms with Gasteiger partial charge in [-0.2, -0.15) is 5.10 Å². The predicted molar refractivity (Wildman–Crippen MR) is 79.5 cm³/mol. The van der Waals surface area contributed by atoms with Gasteiger partial charge in [0.1, 0.15) is 5.75 Å². The number of nitro benzene ring substituents is 1. The van der Waals surface area contributed by atoms with E-state index in [0.717, 1.165) is 11.3 Å². The zero-order chi connectivity index (χ0) is 15.4. The second kappa shape index (κ2) is 6.25. The van der Waals surface area contributed by atoms with Crippen LogP contribution in [-0.2, 0) is 13.6 Å². The lowest BCUT2D eigenvalue weighted by molar-refractivity contribution is -0.384. The highest BCUT2D eigenvalue weighted by molar-refractivity contribution is 5.56. The van der Waals surface area contributed by atoms with Crippen LogP contribution >= 0.6 is 0 Å². The number of rotatable bonds is 6. The molecule has 0 unspecified atom stereocenters. The minimum atomic E-state index is -0.428. The first-order valence-corrected chi connectivity index (χ1v) is 6.65. The molecular formula is C14H18N4O3. The molecule has 112 valence electrons. The van der Waals surface area contributed by atoms with Crippen molar-refractivity contribution < 1.29 is 9.66 Å². The Morgan fingerprint density at radius 1 is 1.43 bits per heavy atom. The summed E-state index contributed by atoms with van der Waals surface area (Å²) in [5.74, 6) is 0.483. The minimum absolute atomic E-state index is 0.00589. The molecule has 1 aromatic heterocycles. The van der Waals surface area contributed by atoms with Gasteiger partial charge in [0.2, 0.25) is 0 Å². The maximum atomic E-state index is 11.0. The summed E-state index contributed by atoms with van der Waals surface area (Å²) in [6, 6.07) is 4.67. The number of non-ortho nitro benzene ring substituents is 1. The number of nitro groups is 1. The van der Waals surface area contributed by atoms with Crippen molar-refractivity contribution in [3.05, 3.63) is 45.8 Å². The molecule has 1 N–H and O–H groups in total. The fraction of sp³-hybridized carbons (Fsp3) is 0.357. The minimum Gasteiger partial charge on any atom is -0.494 e. The lowest BCUT2D eigenvalue weighted by Gasteiger charge is -2.09. The third kappa shape index (κ3) is 3.71. The van der Waals surface area contributed by atoms with Crippen LogP contribution in [0.25, 0.3) is 0 Å². The van der Waals surface area contributed by atoms with Gasteiger partial charge >= 0.3 is 0 Å². The summed E-state index contributed by atoms with van der Waals surface area (Å²) in [6.45, 7) is 4.77. The van der Waals surface area contributed by atoms with Gasteiger partial charge < -0.3 is 10.1 Å². The molecule has 2 aromatic rings. The molecule has 0 aliphatic rings. The van der Waals surface area contributed by atoms with Crippen LogP contribution in [0.3, 0.4) is 0 Å². The van der Waals surface area contributed by atoms with E-state index in [2.05, 4.69) is 10.4 Å². The van der Waals surface area contributed by atoms with Crippen LogP contribution in [-0.4, -0.2) is 21.3 Å². The Bertz CT molecular complexity index is 652. The van der Waals surface area contributed by atoms with E-state index in [4.69, 9.17) is 4.74 Å². The number of benzene rings is 1. The zero-order valence-electron chi connectivity index (χ0n) is 12.3. The van der Waals surface area contributed by atoms with E-state index in [0.29, 0.717) is 24.6 Å². The van der Waals surface area contributed by atoms with E-state index in [9.17, 15) is 10.1 Å². The van der Waals surface area contributed by atoms with Gasteiger partial charge in [-0.15, -0.1) is 0 Å². The molecule has 0 aliphatic carbocycles. The molecule has 0 saturated carbocycles. The third-order valence-corrected chi connectivity index (χ3v) is 3.01. The maximum absolute atomic E-state index is 11.0. The maximum Gasteiger partial charge on any atom is 0.275 e. The van der Waals surface area contributed by atoms with Crippen LogP contribution in [0.5, 0.6) is 5.75 Å². The number of anilines is 1. The molecule has 0 bridgehead atoms. The van der Waals surface area contributed by atoms with Gasteiger partial charge in [-0.25, -0.2) is 0 Å². The van der Waals surface area contributed by atoms with Crippen molar-refractivity contribution in [3.8, 4) is 5.75 Å². The molecule has 0 radical (unpaired) electrons. The summed E-state index contributed by atoms with van der Waals surface area (Å²) < 4.78 is 7.10. The second-order valence-corrected chi connectivity index (χ2v) is 4.67. The molecule has 0 saturated heterocycles. The van der Waals surface area contributed by atoms with E-state index in [1.165, 1.54) is 12.1 Å². The van der Waals surface area contributed by atoms with Gasteiger partial charge in [-0.3, -0.25) is 14.8 Å². The highest BCUT2D eigenvalue weighted by Gasteiger charge is 2.11. The number of nitrogens with one attached hydrogen (secondary N) is 1. The molecular weight excluding hydrogens is 272 g/mol. The molecule has 0 aliphatic heterocycles. The van der Waals surface area contributed by atoms with Crippen LogP contribution in [0.4, 0.5) is 11.4 Å². The third-order valence-electron chi connectivity index (χ3n) is 3.01. The Kier molecular flexibility index (Phi) is 4.42. The molecule has 0 atom stereocenters. The molecule has 0 spiro atoms. The molecule has 7 nitrogen and oxygen atoms in total. The lowest BCUT2D eigenvalue weighted by atomic mass is 10.2. The molecule has 7 heteroatoms. The average Bonchev–Trinajstić information content (AvgIpc) is 2.75. The summed E-state index contributed by atoms with van der Waals surface area (Å²) in [5, 5.41) is 18.4. The molecule has 21 heavy (non-hydrogen) atoms. The smallest absolute Gasteiger partial charge is 0.275 e. The zero-order valence-corrected chi connectivity index (χ0v) is 12.3. The number of aryl methyl sites for hydroxylation is 2. The summed E-state index contributed by atoms with van der Waals surface area (Å²) in [4.78, 5) is 10.5. The normalized spacial score (nSPS) is 10.4. The van der Waals surface area contributed by atoms with Crippen LogP contribution < -0.4 is 10.1 Å². The number of hydrogen-bond donors (Lipinski definition) is 1. The van der Waals surface area contributed by atoms with Crippen molar-refractivity contribution in [2.75, 3.05) is 11.9 Å². The summed E-state index contributed by atoms with van der Waals surface area (Å²) in [6.07, 6.45) is 1.92. The standard InChI is InChI=1S/C14H18N4O3/c1-4-21-14-6-12(5-13(7-14)18(19)20)15-8-11-9-17(3)16-10(11)2/h5-7,9,15H,4,8H2,1-3H3. The first-order valence-electron chi connectivity index (χ1n) is 6.65. The number of nitrogens with zero attached hydrogens (tertiary/aromatic N) is 3. The summed E-state index contributed by atoms with van der Waals surface area (Å²) >= 11 is 0. The predicted octanol–water partition coefficient (Wildman–Crippen LogP) is 2.65. The SMILES string of the molecule is CCOc1cc(NCc2cn(C)nc2C)cc([N+](=O)[O-])c1. The van der Waals surface area contributed by atoms with E-state index in [1.54, 1.807) is 10.7 Å². The fourth-order valence-electron chi connectivity index (χ4n) is 2.06. The number of ether oxygens (including phenoxy) is 1. The van der Waals surface area contributed by atoms with Gasteiger partial charge in [-0.1, -0.05) is 0 Å². The Morgan fingerprint density at radius 2 is 2.19 bits per heavy atom. The monoisotopic (exact) mass is 290 g/mol. The Morgan fingerprint density at radius 3 is 2.76 bits per heavy atom. The highest BCUT2D eigenvalue weighted by Crippen LogP contribution is 2.26. The van der Waals surface area contributed by atoms with Crippen molar-refractivity contribution in [1.82, 2.24) is 9.78 Å². The van der Waals surface area contributed by atoms with Crippen LogP contribution in [0.1, 0.15) is 18.2 Å². The van der Waals surface area contributed by atoms with Crippen molar-refractivity contribution >= 4 is 11.4 Å². The van der Waals surface area contributed by atoms with E-state index >= 15 is 0 Å². The summed E-state index contributed by atoms with van der Waals surface area (Å²) in [7, 11) is 1.86. The van der Waals surface area contributed by atoms with Gasteiger partial charge in [0.15, 0.2) is 0 Å². The Hall–Kier alpha value is -2.57.